The third-order valence-corrected chi connectivity index (χ3v) is 4.28. The number of nitrogens with one attached hydrogen (secondary N) is 1. The summed E-state index contributed by atoms with van der Waals surface area (Å²) >= 11 is 18.4. The average molecular weight is 273 g/mol. The lowest BCUT2D eigenvalue weighted by molar-refractivity contribution is -0.120. The van der Waals surface area contributed by atoms with Gasteiger partial charge in [0.25, 0.3) is 5.91 Å². The quantitative estimate of drug-likeness (QED) is 0.783. The summed E-state index contributed by atoms with van der Waals surface area (Å²) in [5, 5.41) is 2.66. The summed E-state index contributed by atoms with van der Waals surface area (Å²) in [4.78, 5) is 10.9. The van der Waals surface area contributed by atoms with Gasteiger partial charge < -0.3 is 5.32 Å². The Morgan fingerprint density at radius 2 is 2.20 bits per heavy atom. The Morgan fingerprint density at radius 3 is 2.60 bits per heavy atom. The summed E-state index contributed by atoms with van der Waals surface area (Å²) in [6.07, 6.45) is 2.88. The molecule has 0 aromatic heterocycles. The first-order valence-corrected chi connectivity index (χ1v) is 6.30. The number of rotatable bonds is 4. The van der Waals surface area contributed by atoms with Crippen LogP contribution in [-0.4, -0.2) is 21.7 Å². The van der Waals surface area contributed by atoms with Gasteiger partial charge in [-0.05, 0) is 13.3 Å². The van der Waals surface area contributed by atoms with Crippen molar-refractivity contribution in [3.63, 3.8) is 0 Å². The second-order valence-corrected chi connectivity index (χ2v) is 6.52. The molecule has 0 aliphatic carbocycles. The molecule has 0 spiro atoms. The van der Waals surface area contributed by atoms with Crippen molar-refractivity contribution in [1.82, 2.24) is 5.32 Å². The van der Waals surface area contributed by atoms with Crippen molar-refractivity contribution >= 4 is 40.7 Å². The topological polar surface area (TPSA) is 29.1 Å². The van der Waals surface area contributed by atoms with Crippen LogP contribution in [0.2, 0.25) is 0 Å². The van der Waals surface area contributed by atoms with Crippen molar-refractivity contribution in [2.24, 2.45) is 5.92 Å². The molecular formula is C10H16Cl3NO. The Labute approximate surface area is 106 Å². The van der Waals surface area contributed by atoms with E-state index in [1.807, 2.05) is 6.92 Å². The summed E-state index contributed by atoms with van der Waals surface area (Å²) in [6, 6.07) is 0. The van der Waals surface area contributed by atoms with E-state index in [9.17, 15) is 4.79 Å². The zero-order valence-corrected chi connectivity index (χ0v) is 11.2. The van der Waals surface area contributed by atoms with Gasteiger partial charge in [0.2, 0.25) is 4.33 Å². The van der Waals surface area contributed by atoms with Crippen LogP contribution in [0.1, 0.15) is 33.1 Å². The number of hydrogen-bond donors (Lipinski definition) is 1. The van der Waals surface area contributed by atoms with E-state index in [-0.39, 0.29) is 11.8 Å². The number of unbranched alkanes of at least 4 members (excludes halogenated alkanes) is 1. The molecule has 0 saturated carbocycles. The molecule has 1 aliphatic heterocycles. The van der Waals surface area contributed by atoms with Crippen molar-refractivity contribution in [3.05, 3.63) is 0 Å². The van der Waals surface area contributed by atoms with Crippen LogP contribution in [0, 0.1) is 5.92 Å². The predicted octanol–water partition coefficient (Wildman–Crippen LogP) is 3.09. The van der Waals surface area contributed by atoms with Gasteiger partial charge in [-0.2, -0.15) is 0 Å². The second-order valence-electron chi connectivity index (χ2n) is 4.27. The van der Waals surface area contributed by atoms with E-state index in [0.717, 1.165) is 19.3 Å². The highest BCUT2D eigenvalue weighted by molar-refractivity contribution is 6.59. The van der Waals surface area contributed by atoms with Gasteiger partial charge in [0, 0.05) is 17.3 Å². The number of carbonyl (C=O) groups is 1. The maximum atomic E-state index is 11.4. The molecule has 1 N–H and O–H groups in total. The van der Waals surface area contributed by atoms with Gasteiger partial charge >= 0.3 is 0 Å². The van der Waals surface area contributed by atoms with Crippen LogP contribution in [-0.2, 0) is 4.79 Å². The van der Waals surface area contributed by atoms with Crippen LogP contribution in [0.5, 0.6) is 0 Å². The molecule has 1 rings (SSSR count). The maximum Gasteiger partial charge on any atom is 0.256 e. The van der Waals surface area contributed by atoms with E-state index < -0.39 is 9.21 Å². The molecule has 15 heavy (non-hydrogen) atoms. The number of hydrogen-bond acceptors (Lipinski definition) is 1. The largest absolute Gasteiger partial charge is 0.353 e. The molecular weight excluding hydrogens is 256 g/mol. The summed E-state index contributed by atoms with van der Waals surface area (Å²) in [6.45, 7) is 4.45. The van der Waals surface area contributed by atoms with E-state index in [1.165, 1.54) is 0 Å². The Hall–Kier alpha value is 0.340. The molecule has 1 amide bonds. The van der Waals surface area contributed by atoms with Crippen LogP contribution in [0.15, 0.2) is 0 Å². The molecule has 2 unspecified atom stereocenters. The fourth-order valence-electron chi connectivity index (χ4n) is 1.89. The minimum Gasteiger partial charge on any atom is -0.353 e. The monoisotopic (exact) mass is 271 g/mol. The van der Waals surface area contributed by atoms with Gasteiger partial charge in [0.05, 0.1) is 0 Å². The third kappa shape index (κ3) is 2.72. The molecule has 1 saturated heterocycles. The molecule has 2 atom stereocenters. The Morgan fingerprint density at radius 1 is 1.60 bits per heavy atom. The van der Waals surface area contributed by atoms with Crippen LogP contribution in [0.25, 0.3) is 0 Å². The minimum atomic E-state index is -1.38. The van der Waals surface area contributed by atoms with E-state index in [4.69, 9.17) is 34.8 Å². The number of carbonyl (C=O) groups excluding carboxylic acids is 1. The lowest BCUT2D eigenvalue weighted by atomic mass is 9.87. The van der Waals surface area contributed by atoms with E-state index >= 15 is 0 Å². The van der Waals surface area contributed by atoms with Crippen LogP contribution >= 0.6 is 34.8 Å². The van der Waals surface area contributed by atoms with Crippen molar-refractivity contribution in [2.75, 3.05) is 6.54 Å². The molecule has 0 aromatic rings. The first-order valence-electron chi connectivity index (χ1n) is 5.17. The van der Waals surface area contributed by atoms with Gasteiger partial charge in [-0.3, -0.25) is 4.79 Å². The summed E-state index contributed by atoms with van der Waals surface area (Å²) in [5.41, 5.74) is 0. The Bertz CT molecular complexity index is 253. The van der Waals surface area contributed by atoms with E-state index in [2.05, 4.69) is 12.2 Å². The molecule has 1 aliphatic rings. The summed E-state index contributed by atoms with van der Waals surface area (Å²) in [5.74, 6) is -0.576. The minimum absolute atomic E-state index is 0.242. The third-order valence-electron chi connectivity index (χ3n) is 2.95. The molecule has 0 aromatic carbocycles. The van der Waals surface area contributed by atoms with E-state index in [1.54, 1.807) is 0 Å². The normalized spacial score (nSPS) is 28.6. The van der Waals surface area contributed by atoms with Gasteiger partial charge in [0.15, 0.2) is 0 Å². The van der Waals surface area contributed by atoms with Crippen molar-refractivity contribution in [1.29, 1.82) is 0 Å². The maximum absolute atomic E-state index is 11.4. The Balaban J connectivity index is 2.75. The molecule has 2 nitrogen and oxygen atoms in total. The van der Waals surface area contributed by atoms with Crippen LogP contribution in [0.4, 0.5) is 0 Å². The lowest BCUT2D eigenvalue weighted by Crippen LogP contribution is -2.41. The van der Waals surface area contributed by atoms with E-state index in [0.29, 0.717) is 6.54 Å². The molecule has 1 heterocycles. The molecule has 1 fully saturated rings. The fraction of sp³-hybridized carbons (Fsp3) is 0.900. The summed E-state index contributed by atoms with van der Waals surface area (Å²) < 4.78 is -1.38. The summed E-state index contributed by atoms with van der Waals surface area (Å²) in [7, 11) is 0. The standard InChI is InChI=1S/C10H16Cl3NO/c1-3-4-5-9(2,11)7-6-14-8(15)10(7,12)13/h7H,3-6H2,1-2H3,(H,14,15). The number of alkyl halides is 3. The van der Waals surface area contributed by atoms with Crippen LogP contribution < -0.4 is 5.32 Å². The second kappa shape index (κ2) is 4.68. The molecule has 5 heteroatoms. The molecule has 0 radical (unpaired) electrons. The fourth-order valence-corrected chi connectivity index (χ4v) is 3.14. The van der Waals surface area contributed by atoms with Crippen molar-refractivity contribution in [2.45, 2.75) is 42.3 Å². The zero-order chi connectivity index (χ0) is 11.7. The highest BCUT2D eigenvalue weighted by atomic mass is 35.5. The highest BCUT2D eigenvalue weighted by Crippen LogP contribution is 2.45. The first-order chi connectivity index (χ1) is 6.82. The SMILES string of the molecule is CCCCC(C)(Cl)C1CNC(=O)C1(Cl)Cl. The predicted molar refractivity (Wildman–Crippen MR) is 64.7 cm³/mol. The highest BCUT2D eigenvalue weighted by Gasteiger charge is 2.54. The van der Waals surface area contributed by atoms with Crippen molar-refractivity contribution in [3.8, 4) is 0 Å². The zero-order valence-electron chi connectivity index (χ0n) is 8.95. The van der Waals surface area contributed by atoms with Gasteiger partial charge in [-0.1, -0.05) is 43.0 Å². The molecule has 88 valence electrons. The number of halogens is 3. The van der Waals surface area contributed by atoms with Crippen molar-refractivity contribution < 1.29 is 4.79 Å². The Kier molecular flexibility index (Phi) is 4.19. The van der Waals surface area contributed by atoms with Gasteiger partial charge in [0.1, 0.15) is 0 Å². The number of amides is 1. The lowest BCUT2D eigenvalue weighted by Gasteiger charge is -2.33. The van der Waals surface area contributed by atoms with Crippen LogP contribution in [0.3, 0.4) is 0 Å². The molecule has 0 bridgehead atoms. The van der Waals surface area contributed by atoms with Gasteiger partial charge in [-0.15, -0.1) is 11.6 Å². The average Bonchev–Trinajstić information content (AvgIpc) is 2.39. The van der Waals surface area contributed by atoms with Gasteiger partial charge in [-0.25, -0.2) is 0 Å². The first kappa shape index (κ1) is 13.4. The smallest absolute Gasteiger partial charge is 0.256 e.